The normalized spacial score (nSPS) is 45.7. The van der Waals surface area contributed by atoms with Crippen molar-refractivity contribution in [1.82, 2.24) is 0 Å². The van der Waals surface area contributed by atoms with Crippen LogP contribution in [-0.2, 0) is 9.59 Å². The van der Waals surface area contributed by atoms with E-state index in [1.165, 1.54) is 44.9 Å². The van der Waals surface area contributed by atoms with E-state index in [4.69, 9.17) is 0 Å². The minimum atomic E-state index is 0.231. The predicted octanol–water partition coefficient (Wildman–Crippen LogP) is 6.86. The summed E-state index contributed by atoms with van der Waals surface area (Å²) in [5.74, 6) is 5.07. The zero-order valence-corrected chi connectivity index (χ0v) is 19.6. The molecule has 4 rings (SSSR count). The highest BCUT2D eigenvalue weighted by atomic mass is 16.1. The van der Waals surface area contributed by atoms with Crippen molar-refractivity contribution in [2.24, 2.45) is 52.3 Å². The van der Waals surface area contributed by atoms with E-state index >= 15 is 0 Å². The largest absolute Gasteiger partial charge is 0.300 e. The molecule has 4 aliphatic rings. The first-order valence-corrected chi connectivity index (χ1v) is 12.7. The van der Waals surface area contributed by atoms with Gasteiger partial charge in [0.05, 0.1) is 0 Å². The zero-order chi connectivity index (χ0) is 21.0. The molecule has 0 heterocycles. The maximum absolute atomic E-state index is 13.4. The predicted molar refractivity (Wildman–Crippen MR) is 118 cm³/mol. The van der Waals surface area contributed by atoms with Gasteiger partial charge in [0.2, 0.25) is 0 Å². The molecule has 29 heavy (non-hydrogen) atoms. The SMILES string of the molecule is CC(C)CCC[C@@H](C)[C@H]1CC[C@H]2[C@H]3C(=O)C[C@H]4CC(=O)CC[C@]4(C)[C@@H]3CC[C@]12C. The fraction of sp³-hybridized carbons (Fsp3) is 0.926. The maximum Gasteiger partial charge on any atom is 0.136 e. The molecule has 0 aromatic heterocycles. The highest BCUT2D eigenvalue weighted by molar-refractivity contribution is 5.86. The van der Waals surface area contributed by atoms with E-state index in [2.05, 4.69) is 34.6 Å². The standard InChI is InChI=1S/C27H44O2/c1-17(2)7-6-8-18(3)21-9-10-22-25-23(12-14-27(21,22)5)26(4)13-11-20(28)15-19(26)16-24(25)29/h17-19,21-23,25H,6-16H2,1-5H3/t18-,19-,21-,22+,23-,25-,26+,27-/m1/s1. The molecule has 0 amide bonds. The van der Waals surface area contributed by atoms with Crippen LogP contribution in [0.4, 0.5) is 0 Å². The number of carbonyl (C=O) groups excluding carboxylic acids is 2. The van der Waals surface area contributed by atoms with Crippen molar-refractivity contribution in [3.63, 3.8) is 0 Å². The van der Waals surface area contributed by atoms with E-state index in [1.54, 1.807) is 0 Å². The minimum absolute atomic E-state index is 0.231. The van der Waals surface area contributed by atoms with Crippen molar-refractivity contribution in [1.29, 1.82) is 0 Å². The summed E-state index contributed by atoms with van der Waals surface area (Å²) >= 11 is 0. The molecule has 0 aromatic rings. The van der Waals surface area contributed by atoms with Crippen LogP contribution in [-0.4, -0.2) is 11.6 Å². The van der Waals surface area contributed by atoms with Gasteiger partial charge >= 0.3 is 0 Å². The molecular formula is C27H44O2. The second-order valence-electron chi connectivity index (χ2n) is 12.4. The Bertz CT molecular complexity index is 651. The minimum Gasteiger partial charge on any atom is -0.300 e. The smallest absolute Gasteiger partial charge is 0.136 e. The van der Waals surface area contributed by atoms with Gasteiger partial charge in [-0.05, 0) is 78.4 Å². The molecule has 164 valence electrons. The summed E-state index contributed by atoms with van der Waals surface area (Å²) in [5, 5.41) is 0. The molecule has 2 nitrogen and oxygen atoms in total. The number of ketones is 2. The lowest BCUT2D eigenvalue weighted by atomic mass is 9.44. The summed E-state index contributed by atoms with van der Waals surface area (Å²) in [6.07, 6.45) is 12.3. The van der Waals surface area contributed by atoms with E-state index in [1.807, 2.05) is 0 Å². The van der Waals surface area contributed by atoms with Crippen LogP contribution in [0.25, 0.3) is 0 Å². The first-order valence-electron chi connectivity index (χ1n) is 12.7. The summed E-state index contributed by atoms with van der Waals surface area (Å²) in [5.41, 5.74) is 0.594. The van der Waals surface area contributed by atoms with Gasteiger partial charge in [-0.1, -0.05) is 53.9 Å². The zero-order valence-electron chi connectivity index (χ0n) is 19.6. The van der Waals surface area contributed by atoms with Crippen molar-refractivity contribution in [3.8, 4) is 0 Å². The fourth-order valence-electron chi connectivity index (χ4n) is 8.75. The van der Waals surface area contributed by atoms with Gasteiger partial charge in [-0.25, -0.2) is 0 Å². The van der Waals surface area contributed by atoms with Gasteiger partial charge in [0.1, 0.15) is 11.6 Å². The number of carbonyl (C=O) groups is 2. The van der Waals surface area contributed by atoms with Gasteiger partial charge in [-0.2, -0.15) is 0 Å². The molecule has 4 fully saturated rings. The van der Waals surface area contributed by atoms with Crippen molar-refractivity contribution >= 4 is 11.6 Å². The van der Waals surface area contributed by atoms with Crippen molar-refractivity contribution < 1.29 is 9.59 Å². The summed E-state index contributed by atoms with van der Waals surface area (Å²) < 4.78 is 0. The lowest BCUT2D eigenvalue weighted by Gasteiger charge is -2.59. The molecular weight excluding hydrogens is 356 g/mol. The van der Waals surface area contributed by atoms with E-state index in [9.17, 15) is 9.59 Å². The van der Waals surface area contributed by atoms with Crippen molar-refractivity contribution in [3.05, 3.63) is 0 Å². The number of hydrogen-bond acceptors (Lipinski definition) is 2. The second-order valence-corrected chi connectivity index (χ2v) is 12.4. The van der Waals surface area contributed by atoms with Crippen LogP contribution in [0.15, 0.2) is 0 Å². The van der Waals surface area contributed by atoms with E-state index in [-0.39, 0.29) is 11.3 Å². The Morgan fingerprint density at radius 3 is 2.34 bits per heavy atom. The fourth-order valence-corrected chi connectivity index (χ4v) is 8.75. The highest BCUT2D eigenvalue weighted by Crippen LogP contribution is 2.67. The Morgan fingerprint density at radius 2 is 1.62 bits per heavy atom. The Labute approximate surface area is 179 Å². The Hall–Kier alpha value is -0.660. The van der Waals surface area contributed by atoms with Crippen LogP contribution < -0.4 is 0 Å². The first-order chi connectivity index (χ1) is 13.7. The Morgan fingerprint density at radius 1 is 0.897 bits per heavy atom. The van der Waals surface area contributed by atoms with Gasteiger partial charge in [0.25, 0.3) is 0 Å². The third-order valence-electron chi connectivity index (χ3n) is 10.5. The monoisotopic (exact) mass is 400 g/mol. The molecule has 0 aliphatic heterocycles. The lowest BCUT2D eigenvalue weighted by molar-refractivity contribution is -0.159. The van der Waals surface area contributed by atoms with E-state index < -0.39 is 0 Å². The maximum atomic E-state index is 13.4. The van der Waals surface area contributed by atoms with Crippen molar-refractivity contribution in [2.75, 3.05) is 0 Å². The van der Waals surface area contributed by atoms with E-state index in [0.29, 0.717) is 47.6 Å². The molecule has 4 saturated carbocycles. The Balaban J connectivity index is 1.52. The number of fused-ring (bicyclic) bond motifs is 5. The quantitative estimate of drug-likeness (QED) is 0.505. The van der Waals surface area contributed by atoms with Gasteiger partial charge in [-0.3, -0.25) is 9.59 Å². The molecule has 8 atom stereocenters. The van der Waals surface area contributed by atoms with E-state index in [0.717, 1.165) is 30.6 Å². The van der Waals surface area contributed by atoms with Crippen LogP contribution in [0.1, 0.15) is 105 Å². The second kappa shape index (κ2) is 7.79. The first kappa shape index (κ1) is 21.6. The third-order valence-corrected chi connectivity index (χ3v) is 10.5. The summed E-state index contributed by atoms with van der Waals surface area (Å²) in [6.45, 7) is 12.2. The number of hydrogen-bond donors (Lipinski definition) is 0. The summed E-state index contributed by atoms with van der Waals surface area (Å²) in [6, 6.07) is 0. The average molecular weight is 401 g/mol. The average Bonchev–Trinajstić information content (AvgIpc) is 3.00. The molecule has 0 N–H and O–H groups in total. The van der Waals surface area contributed by atoms with Gasteiger partial charge in [0, 0.05) is 25.2 Å². The van der Waals surface area contributed by atoms with Crippen LogP contribution >= 0.6 is 0 Å². The number of Topliss-reactive ketones (excluding diaryl/α,β-unsaturated/α-hetero) is 2. The van der Waals surface area contributed by atoms with Gasteiger partial charge < -0.3 is 0 Å². The molecule has 4 aliphatic carbocycles. The molecule has 0 radical (unpaired) electrons. The highest BCUT2D eigenvalue weighted by Gasteiger charge is 2.62. The topological polar surface area (TPSA) is 34.1 Å². The van der Waals surface area contributed by atoms with Crippen molar-refractivity contribution in [2.45, 2.75) is 105 Å². The lowest BCUT2D eigenvalue weighted by Crippen LogP contribution is -2.57. The Kier molecular flexibility index (Phi) is 5.79. The molecule has 0 aromatic carbocycles. The molecule has 0 bridgehead atoms. The summed E-state index contributed by atoms with van der Waals surface area (Å²) in [4.78, 5) is 25.5. The third kappa shape index (κ3) is 3.55. The molecule has 0 saturated heterocycles. The molecule has 2 heteroatoms. The van der Waals surface area contributed by atoms with Crippen LogP contribution in [0.2, 0.25) is 0 Å². The summed E-state index contributed by atoms with van der Waals surface area (Å²) in [7, 11) is 0. The van der Waals surface area contributed by atoms with Crippen LogP contribution in [0, 0.1) is 52.3 Å². The van der Waals surface area contributed by atoms with Gasteiger partial charge in [-0.15, -0.1) is 0 Å². The number of rotatable bonds is 5. The van der Waals surface area contributed by atoms with Gasteiger partial charge in [0.15, 0.2) is 0 Å². The van der Waals surface area contributed by atoms with Crippen LogP contribution in [0.5, 0.6) is 0 Å². The molecule has 0 spiro atoms. The van der Waals surface area contributed by atoms with Crippen LogP contribution in [0.3, 0.4) is 0 Å². The molecule has 0 unspecified atom stereocenters.